The van der Waals surface area contributed by atoms with Crippen molar-refractivity contribution in [3.05, 3.63) is 58.0 Å². The highest BCUT2D eigenvalue weighted by Gasteiger charge is 2.15. The van der Waals surface area contributed by atoms with Crippen molar-refractivity contribution in [1.29, 1.82) is 0 Å². The van der Waals surface area contributed by atoms with Crippen LogP contribution in [0.4, 0.5) is 4.39 Å². The molecule has 1 heterocycles. The molecule has 2 amide bonds. The number of nitrogens with one attached hydrogen (secondary N) is 1. The number of carbonyl (C=O) groups is 2. The fraction of sp³-hybridized carbons (Fsp3) is 0.333. The minimum atomic E-state index is -0.307. The first-order valence-corrected chi connectivity index (χ1v) is 8.77. The monoisotopic (exact) mass is 348 g/mol. The second-order valence-corrected chi connectivity index (χ2v) is 6.42. The maximum atomic E-state index is 12.8. The van der Waals surface area contributed by atoms with Crippen molar-refractivity contribution >= 4 is 23.2 Å². The van der Waals surface area contributed by atoms with E-state index in [1.165, 1.54) is 17.0 Å². The summed E-state index contributed by atoms with van der Waals surface area (Å²) in [6.45, 7) is 2.71. The first kappa shape index (κ1) is 18.1. The van der Waals surface area contributed by atoms with Crippen molar-refractivity contribution in [3.63, 3.8) is 0 Å². The lowest BCUT2D eigenvalue weighted by molar-refractivity contribution is -0.135. The molecule has 0 fully saturated rings. The molecule has 0 saturated heterocycles. The van der Waals surface area contributed by atoms with E-state index >= 15 is 0 Å². The van der Waals surface area contributed by atoms with Gasteiger partial charge in [-0.1, -0.05) is 18.2 Å². The topological polar surface area (TPSA) is 49.4 Å². The van der Waals surface area contributed by atoms with E-state index in [0.29, 0.717) is 25.9 Å². The van der Waals surface area contributed by atoms with Crippen LogP contribution in [-0.4, -0.2) is 29.8 Å². The molecule has 0 aliphatic rings. The third kappa shape index (κ3) is 5.77. The van der Waals surface area contributed by atoms with E-state index in [2.05, 4.69) is 5.32 Å². The number of likely N-dealkylation sites (N-methyl/N-ethyl adjacent to an activating group) is 1. The van der Waals surface area contributed by atoms with Gasteiger partial charge in [-0.3, -0.25) is 9.59 Å². The zero-order valence-electron chi connectivity index (χ0n) is 13.6. The molecule has 128 valence electrons. The van der Waals surface area contributed by atoms with Gasteiger partial charge in [0.25, 0.3) is 0 Å². The Morgan fingerprint density at radius 1 is 1.21 bits per heavy atom. The van der Waals surface area contributed by atoms with Gasteiger partial charge in [-0.05, 0) is 42.5 Å². The summed E-state index contributed by atoms with van der Waals surface area (Å²) in [6, 6.07) is 9.93. The largest absolute Gasteiger partial charge is 0.350 e. The molecule has 6 heteroatoms. The van der Waals surface area contributed by atoms with E-state index in [4.69, 9.17) is 0 Å². The van der Waals surface area contributed by atoms with Gasteiger partial charge in [0.2, 0.25) is 11.8 Å². The minimum Gasteiger partial charge on any atom is -0.350 e. The van der Waals surface area contributed by atoms with Crippen LogP contribution < -0.4 is 5.32 Å². The molecule has 0 spiro atoms. The van der Waals surface area contributed by atoms with Gasteiger partial charge in [0.15, 0.2) is 0 Å². The first-order chi connectivity index (χ1) is 11.6. The molecule has 1 N–H and O–H groups in total. The highest BCUT2D eigenvalue weighted by atomic mass is 32.1. The van der Waals surface area contributed by atoms with E-state index in [-0.39, 0.29) is 24.2 Å². The lowest BCUT2D eigenvalue weighted by atomic mass is 10.2. The number of amides is 2. The van der Waals surface area contributed by atoms with Gasteiger partial charge in [-0.25, -0.2) is 4.39 Å². The highest BCUT2D eigenvalue weighted by Crippen LogP contribution is 2.11. The van der Waals surface area contributed by atoms with Gasteiger partial charge >= 0.3 is 0 Å². The Morgan fingerprint density at radius 2 is 1.96 bits per heavy atom. The molecule has 0 saturated carbocycles. The van der Waals surface area contributed by atoms with E-state index in [9.17, 15) is 14.0 Å². The number of thiophene rings is 1. The second-order valence-electron chi connectivity index (χ2n) is 5.39. The van der Waals surface area contributed by atoms with Crippen LogP contribution >= 0.6 is 11.3 Å². The average molecular weight is 348 g/mol. The van der Waals surface area contributed by atoms with Gasteiger partial charge in [-0.15, -0.1) is 11.3 Å². The van der Waals surface area contributed by atoms with E-state index in [1.54, 1.807) is 28.4 Å². The standard InChI is InChI=1S/C18H21FN2O2S/c1-2-21(18(23)10-9-16-4-3-11-24-16)13-17(22)20-12-14-5-7-15(19)8-6-14/h3-8,11H,2,9-10,12-13H2,1H3,(H,20,22). The Balaban J connectivity index is 1.76. The van der Waals surface area contributed by atoms with Gasteiger partial charge < -0.3 is 10.2 Å². The molecule has 0 unspecified atom stereocenters. The van der Waals surface area contributed by atoms with Crippen LogP contribution in [0.15, 0.2) is 41.8 Å². The molecule has 0 bridgehead atoms. The maximum Gasteiger partial charge on any atom is 0.239 e. The third-order valence-electron chi connectivity index (χ3n) is 3.64. The molecule has 0 atom stereocenters. The van der Waals surface area contributed by atoms with E-state index < -0.39 is 0 Å². The number of benzene rings is 1. The molecule has 0 aliphatic heterocycles. The van der Waals surface area contributed by atoms with Gasteiger partial charge in [0.05, 0.1) is 6.54 Å². The van der Waals surface area contributed by atoms with E-state index in [1.807, 2.05) is 24.4 Å². The van der Waals surface area contributed by atoms with Gasteiger partial charge in [0.1, 0.15) is 5.82 Å². The Morgan fingerprint density at radius 3 is 2.58 bits per heavy atom. The van der Waals surface area contributed by atoms with Crippen molar-refractivity contribution in [3.8, 4) is 0 Å². The molecule has 2 rings (SSSR count). The molecule has 24 heavy (non-hydrogen) atoms. The van der Waals surface area contributed by atoms with Crippen LogP contribution in [0, 0.1) is 5.82 Å². The lowest BCUT2D eigenvalue weighted by Crippen LogP contribution is -2.40. The third-order valence-corrected chi connectivity index (χ3v) is 4.57. The van der Waals surface area contributed by atoms with Crippen LogP contribution in [0.25, 0.3) is 0 Å². The number of aryl methyl sites for hydroxylation is 1. The minimum absolute atomic E-state index is 0.0252. The molecular weight excluding hydrogens is 327 g/mol. The van der Waals surface area contributed by atoms with Crippen LogP contribution in [-0.2, 0) is 22.6 Å². The summed E-state index contributed by atoms with van der Waals surface area (Å²) in [5.41, 5.74) is 0.817. The summed E-state index contributed by atoms with van der Waals surface area (Å²) in [7, 11) is 0. The molecule has 1 aromatic carbocycles. The predicted molar refractivity (Wildman–Crippen MR) is 93.1 cm³/mol. The molecule has 2 aromatic rings. The highest BCUT2D eigenvalue weighted by molar-refractivity contribution is 7.09. The lowest BCUT2D eigenvalue weighted by Gasteiger charge is -2.20. The SMILES string of the molecule is CCN(CC(=O)NCc1ccc(F)cc1)C(=O)CCc1cccs1. The Kier molecular flexibility index (Phi) is 6.93. The van der Waals surface area contributed by atoms with Crippen molar-refractivity contribution < 1.29 is 14.0 Å². The van der Waals surface area contributed by atoms with Crippen molar-refractivity contribution in [2.75, 3.05) is 13.1 Å². The normalized spacial score (nSPS) is 10.4. The van der Waals surface area contributed by atoms with Crippen molar-refractivity contribution in [2.45, 2.75) is 26.3 Å². The Labute approximate surface area is 145 Å². The maximum absolute atomic E-state index is 12.8. The van der Waals surface area contributed by atoms with Crippen molar-refractivity contribution in [1.82, 2.24) is 10.2 Å². The van der Waals surface area contributed by atoms with Gasteiger partial charge in [-0.2, -0.15) is 0 Å². The summed E-state index contributed by atoms with van der Waals surface area (Å²) in [5, 5.41) is 4.74. The second kappa shape index (κ2) is 9.17. The smallest absolute Gasteiger partial charge is 0.239 e. The number of rotatable bonds is 8. The van der Waals surface area contributed by atoms with Crippen LogP contribution in [0.5, 0.6) is 0 Å². The zero-order valence-corrected chi connectivity index (χ0v) is 14.4. The fourth-order valence-electron chi connectivity index (χ4n) is 2.25. The van der Waals surface area contributed by atoms with Gasteiger partial charge in [0, 0.05) is 24.4 Å². The van der Waals surface area contributed by atoms with Crippen molar-refractivity contribution in [2.24, 2.45) is 0 Å². The zero-order chi connectivity index (χ0) is 17.4. The number of hydrogen-bond donors (Lipinski definition) is 1. The predicted octanol–water partition coefficient (Wildman–Crippen LogP) is 2.98. The molecule has 1 aromatic heterocycles. The fourth-order valence-corrected chi connectivity index (χ4v) is 2.96. The summed E-state index contributed by atoms with van der Waals surface area (Å²) in [5.74, 6) is -0.549. The number of halogens is 1. The van der Waals surface area contributed by atoms with Crippen LogP contribution in [0.1, 0.15) is 23.8 Å². The Hall–Kier alpha value is -2.21. The first-order valence-electron chi connectivity index (χ1n) is 7.89. The Bertz CT molecular complexity index is 656. The molecule has 0 radical (unpaired) electrons. The van der Waals surface area contributed by atoms with E-state index in [0.717, 1.165) is 5.56 Å². The quantitative estimate of drug-likeness (QED) is 0.797. The number of carbonyl (C=O) groups excluding carboxylic acids is 2. The molecule has 4 nitrogen and oxygen atoms in total. The average Bonchev–Trinajstić information content (AvgIpc) is 3.10. The summed E-state index contributed by atoms with van der Waals surface area (Å²) in [6.07, 6.45) is 1.10. The molecule has 0 aliphatic carbocycles. The summed E-state index contributed by atoms with van der Waals surface area (Å²) in [4.78, 5) is 27.0. The van der Waals surface area contributed by atoms with Crippen LogP contribution in [0.3, 0.4) is 0 Å². The summed E-state index contributed by atoms with van der Waals surface area (Å²) < 4.78 is 12.8. The molecular formula is C18H21FN2O2S. The number of nitrogens with zero attached hydrogens (tertiary/aromatic N) is 1. The summed E-state index contributed by atoms with van der Waals surface area (Å²) >= 11 is 1.63. The van der Waals surface area contributed by atoms with Crippen LogP contribution in [0.2, 0.25) is 0 Å². The number of hydrogen-bond acceptors (Lipinski definition) is 3.